The molecule has 3 aliphatic rings. The maximum Gasteiger partial charge on any atom is 0.416 e. The van der Waals surface area contributed by atoms with E-state index in [-0.39, 0.29) is 37.1 Å². The number of fused-ring (bicyclic) bond motifs is 5. The van der Waals surface area contributed by atoms with E-state index in [1.807, 2.05) is 28.0 Å². The molecule has 2 N–H and O–H groups in total. The van der Waals surface area contributed by atoms with E-state index in [9.17, 15) is 27.6 Å². The van der Waals surface area contributed by atoms with Gasteiger partial charge in [0.25, 0.3) is 0 Å². The van der Waals surface area contributed by atoms with Crippen LogP contribution in [0, 0.1) is 11.8 Å². The molecule has 0 unspecified atom stereocenters. The first-order chi connectivity index (χ1) is 26.8. The van der Waals surface area contributed by atoms with Crippen LogP contribution in [0.3, 0.4) is 0 Å². The first kappa shape index (κ1) is 39.1. The minimum absolute atomic E-state index is 0.0148. The Morgan fingerprint density at radius 3 is 2.38 bits per heavy atom. The molecular formula is C44H50F3N5O4. The molecule has 0 bridgehead atoms. The number of likely N-dealkylation sites (tertiary alicyclic amines) is 1. The van der Waals surface area contributed by atoms with Gasteiger partial charge in [0.2, 0.25) is 23.6 Å². The molecule has 12 heteroatoms. The molecule has 56 heavy (non-hydrogen) atoms. The smallest absolute Gasteiger partial charge is 0.356 e. The number of H-pyrrole nitrogens is 1. The second-order valence-corrected chi connectivity index (χ2v) is 15.8. The molecule has 3 atom stereocenters. The number of nitrogens with zero attached hydrogens (tertiary/aromatic N) is 3. The van der Waals surface area contributed by atoms with Crippen molar-refractivity contribution in [3.05, 3.63) is 106 Å². The van der Waals surface area contributed by atoms with Crippen molar-refractivity contribution < 1.29 is 32.3 Å². The Morgan fingerprint density at radius 1 is 0.893 bits per heavy atom. The van der Waals surface area contributed by atoms with Crippen molar-refractivity contribution in [3.8, 4) is 0 Å². The summed E-state index contributed by atoms with van der Waals surface area (Å²) in [5, 5.41) is 3.78. The number of aromatic nitrogens is 1. The second kappa shape index (κ2) is 16.2. The van der Waals surface area contributed by atoms with E-state index in [0.717, 1.165) is 64.7 Å². The van der Waals surface area contributed by atoms with Crippen molar-refractivity contribution in [2.24, 2.45) is 11.8 Å². The number of amides is 4. The summed E-state index contributed by atoms with van der Waals surface area (Å²) >= 11 is 0. The van der Waals surface area contributed by atoms with Gasteiger partial charge in [-0.2, -0.15) is 13.2 Å². The summed E-state index contributed by atoms with van der Waals surface area (Å²) in [6.45, 7) is 1.52. The first-order valence-corrected chi connectivity index (χ1v) is 19.8. The molecule has 0 spiro atoms. The fourth-order valence-electron chi connectivity index (χ4n) is 9.17. The van der Waals surface area contributed by atoms with Gasteiger partial charge < -0.3 is 25.0 Å². The molecule has 0 radical (unpaired) electrons. The molecule has 4 aromatic rings. The normalized spacial score (nSPS) is 21.1. The summed E-state index contributed by atoms with van der Waals surface area (Å²) in [6.07, 6.45) is 0.946. The summed E-state index contributed by atoms with van der Waals surface area (Å²) in [4.78, 5) is 64.9. The Morgan fingerprint density at radius 2 is 1.64 bits per heavy atom. The van der Waals surface area contributed by atoms with Gasteiger partial charge in [0.05, 0.1) is 17.0 Å². The predicted molar refractivity (Wildman–Crippen MR) is 207 cm³/mol. The number of carbonyl (C=O) groups is 4. The van der Waals surface area contributed by atoms with Crippen LogP contribution in [0.5, 0.6) is 0 Å². The van der Waals surface area contributed by atoms with Gasteiger partial charge >= 0.3 is 6.18 Å². The van der Waals surface area contributed by atoms with Crippen LogP contribution in [0.1, 0.15) is 78.5 Å². The minimum atomic E-state index is -4.51. The minimum Gasteiger partial charge on any atom is -0.356 e. The molecule has 2 fully saturated rings. The third kappa shape index (κ3) is 7.93. The highest BCUT2D eigenvalue weighted by Gasteiger charge is 2.59. The lowest BCUT2D eigenvalue weighted by atomic mass is 9.64. The molecular weight excluding hydrogens is 720 g/mol. The van der Waals surface area contributed by atoms with Gasteiger partial charge in [-0.05, 0) is 91.8 Å². The van der Waals surface area contributed by atoms with E-state index >= 15 is 4.79 Å². The molecule has 3 aliphatic heterocycles. The fraction of sp³-hybridized carbons (Fsp3) is 0.455. The summed E-state index contributed by atoms with van der Waals surface area (Å²) in [5.74, 6) is -2.05. The zero-order chi connectivity index (χ0) is 39.6. The monoisotopic (exact) mass is 769 g/mol. The molecule has 2 saturated heterocycles. The zero-order valence-electron chi connectivity index (χ0n) is 32.1. The van der Waals surface area contributed by atoms with Crippen LogP contribution in [0.2, 0.25) is 0 Å². The summed E-state index contributed by atoms with van der Waals surface area (Å²) in [7, 11) is 3.49. The molecule has 1 aromatic heterocycles. The molecule has 0 aliphatic carbocycles. The molecule has 0 saturated carbocycles. The molecule has 4 heterocycles. The maximum absolute atomic E-state index is 15.0. The van der Waals surface area contributed by atoms with E-state index in [1.54, 1.807) is 19.0 Å². The van der Waals surface area contributed by atoms with Crippen LogP contribution in [-0.2, 0) is 56.7 Å². The molecule has 9 nitrogen and oxygen atoms in total. The van der Waals surface area contributed by atoms with Crippen LogP contribution in [0.25, 0.3) is 10.9 Å². The standard InChI is InChI=1S/C44H50F3N5O4/c1-50(2)39(54)17-15-30-14-16-34-35-19-23-52-41(55)32(27-38(53)48-28-31-12-9-13-33(24-31)44(45,46)47)26-36(42(56)51-21-7-4-8-22-51)43(52,40(35)49-37(34)25-30)20-18-29-10-5-3-6-11-29/h3,5-6,9-14,16,24-25,32,36,49H,4,7-8,15,17-23,26-28H2,1-2H3,(H,48,53)/t32-,36-,43+/m1/s1. The highest BCUT2D eigenvalue weighted by Crippen LogP contribution is 2.53. The van der Waals surface area contributed by atoms with Crippen molar-refractivity contribution in [1.82, 2.24) is 25.0 Å². The average Bonchev–Trinajstić information content (AvgIpc) is 3.58. The lowest BCUT2D eigenvalue weighted by molar-refractivity contribution is -0.167. The lowest BCUT2D eigenvalue weighted by Crippen LogP contribution is -2.66. The van der Waals surface area contributed by atoms with E-state index in [2.05, 4.69) is 40.6 Å². The van der Waals surface area contributed by atoms with Crippen molar-refractivity contribution in [1.29, 1.82) is 0 Å². The van der Waals surface area contributed by atoms with Crippen molar-refractivity contribution >= 4 is 34.5 Å². The van der Waals surface area contributed by atoms with Gasteiger partial charge in [0, 0.05) is 75.6 Å². The van der Waals surface area contributed by atoms with E-state index < -0.39 is 35.0 Å². The Bertz CT molecular complexity index is 2090. The largest absolute Gasteiger partial charge is 0.416 e. The van der Waals surface area contributed by atoms with Crippen LogP contribution >= 0.6 is 0 Å². The van der Waals surface area contributed by atoms with Gasteiger partial charge in [0.1, 0.15) is 0 Å². The van der Waals surface area contributed by atoms with Crippen LogP contribution in [0.15, 0.2) is 72.8 Å². The van der Waals surface area contributed by atoms with Gasteiger partial charge in [0.15, 0.2) is 0 Å². The Labute approximate surface area is 325 Å². The first-order valence-electron chi connectivity index (χ1n) is 19.8. The topological polar surface area (TPSA) is 106 Å². The quantitative estimate of drug-likeness (QED) is 0.176. The Kier molecular flexibility index (Phi) is 11.3. The van der Waals surface area contributed by atoms with Crippen LogP contribution in [-0.4, -0.2) is 77.0 Å². The van der Waals surface area contributed by atoms with E-state index in [4.69, 9.17) is 0 Å². The second-order valence-electron chi connectivity index (χ2n) is 15.8. The summed E-state index contributed by atoms with van der Waals surface area (Å²) in [6, 6.07) is 21.1. The van der Waals surface area contributed by atoms with Gasteiger partial charge in [-0.3, -0.25) is 19.2 Å². The van der Waals surface area contributed by atoms with Crippen LogP contribution in [0.4, 0.5) is 13.2 Å². The van der Waals surface area contributed by atoms with Crippen molar-refractivity contribution in [2.75, 3.05) is 33.7 Å². The number of hydrogen-bond donors (Lipinski definition) is 2. The number of piperidine rings is 2. The average molecular weight is 770 g/mol. The molecule has 4 amide bonds. The number of aromatic amines is 1. The number of alkyl halides is 3. The highest BCUT2D eigenvalue weighted by atomic mass is 19.4. The molecule has 3 aromatic carbocycles. The van der Waals surface area contributed by atoms with Gasteiger partial charge in [-0.1, -0.05) is 54.6 Å². The number of halogens is 3. The third-order valence-electron chi connectivity index (χ3n) is 12.1. The van der Waals surface area contributed by atoms with Gasteiger partial charge in [-0.15, -0.1) is 0 Å². The van der Waals surface area contributed by atoms with E-state index in [1.165, 1.54) is 12.1 Å². The number of benzene rings is 3. The lowest BCUT2D eigenvalue weighted by Gasteiger charge is -2.56. The number of rotatable bonds is 11. The predicted octanol–water partition coefficient (Wildman–Crippen LogP) is 6.78. The number of nitrogens with one attached hydrogen (secondary N) is 2. The van der Waals surface area contributed by atoms with Gasteiger partial charge in [-0.25, -0.2) is 0 Å². The molecule has 7 rings (SSSR count). The zero-order valence-corrected chi connectivity index (χ0v) is 32.1. The SMILES string of the molecule is CN(C)C(=O)CCc1ccc2c3c([nH]c2c1)[C@]1(CCc2ccccc2)[C@@H](C(=O)N2CCCCC2)C[C@H](CC(=O)NCc2cccc(C(F)(F)F)c2)C(=O)N1CC3. The Hall–Kier alpha value is -5.13. The fourth-order valence-corrected chi connectivity index (χ4v) is 9.17. The van der Waals surface area contributed by atoms with E-state index in [0.29, 0.717) is 57.3 Å². The number of aryl methyl sites for hydroxylation is 2. The van der Waals surface area contributed by atoms with Crippen molar-refractivity contribution in [2.45, 2.75) is 82.5 Å². The number of carbonyl (C=O) groups excluding carboxylic acids is 4. The van der Waals surface area contributed by atoms with Crippen molar-refractivity contribution in [3.63, 3.8) is 0 Å². The third-order valence-corrected chi connectivity index (χ3v) is 12.1. The summed E-state index contributed by atoms with van der Waals surface area (Å²) < 4.78 is 40.1. The summed E-state index contributed by atoms with van der Waals surface area (Å²) in [5.41, 5.74) is 3.45. The highest BCUT2D eigenvalue weighted by molar-refractivity contribution is 5.93. The Balaban J connectivity index is 1.25. The number of hydrogen-bond acceptors (Lipinski definition) is 4. The maximum atomic E-state index is 15.0. The van der Waals surface area contributed by atoms with Crippen LogP contribution < -0.4 is 5.32 Å². The molecule has 296 valence electrons.